The number of halogens is 3. The molecule has 1 aromatic carbocycles. The van der Waals surface area contributed by atoms with Gasteiger partial charge in [-0.25, -0.2) is 0 Å². The third-order valence-electron chi connectivity index (χ3n) is 3.26. The van der Waals surface area contributed by atoms with E-state index in [-0.39, 0.29) is 6.04 Å². The molecule has 6 heteroatoms. The molecule has 0 amide bonds. The predicted octanol–water partition coefficient (Wildman–Crippen LogP) is 2.32. The molecule has 106 valence electrons. The first-order valence-electron chi connectivity index (χ1n) is 6.14. The van der Waals surface area contributed by atoms with Crippen LogP contribution in [-0.4, -0.2) is 24.0 Å². The summed E-state index contributed by atoms with van der Waals surface area (Å²) in [5.41, 5.74) is 7.99. The smallest absolute Gasteiger partial charge is 0.417 e. The summed E-state index contributed by atoms with van der Waals surface area (Å²) in [5.74, 6) is 0.305. The second kappa shape index (κ2) is 5.38. The highest BCUT2D eigenvalue weighted by Gasteiger charge is 2.38. The van der Waals surface area contributed by atoms with E-state index in [1.807, 2.05) is 6.07 Å². The zero-order chi connectivity index (χ0) is 14.0. The number of fused-ring (bicyclic) bond motifs is 1. The molecule has 19 heavy (non-hydrogen) atoms. The summed E-state index contributed by atoms with van der Waals surface area (Å²) in [4.78, 5) is 0. The fourth-order valence-corrected chi connectivity index (χ4v) is 2.17. The molecule has 0 heterocycles. The van der Waals surface area contributed by atoms with E-state index in [1.54, 1.807) is 12.1 Å². The van der Waals surface area contributed by atoms with Crippen molar-refractivity contribution in [3.05, 3.63) is 29.3 Å². The first-order chi connectivity index (χ1) is 8.88. The van der Waals surface area contributed by atoms with E-state index in [4.69, 9.17) is 15.6 Å². The molecule has 1 aliphatic rings. The van der Waals surface area contributed by atoms with Gasteiger partial charge in [-0.15, -0.1) is 0 Å². The van der Waals surface area contributed by atoms with E-state index in [2.05, 4.69) is 0 Å². The summed E-state index contributed by atoms with van der Waals surface area (Å²) >= 11 is 0. The van der Waals surface area contributed by atoms with Gasteiger partial charge >= 0.3 is 6.18 Å². The molecule has 0 radical (unpaired) electrons. The lowest BCUT2D eigenvalue weighted by Gasteiger charge is -2.23. The van der Waals surface area contributed by atoms with Crippen molar-refractivity contribution in [3.8, 4) is 5.75 Å². The molecule has 1 aromatic rings. The first kappa shape index (κ1) is 14.1. The summed E-state index contributed by atoms with van der Waals surface area (Å²) in [6.07, 6.45) is -4.33. The number of alkyl halides is 3. The molecule has 2 atom stereocenters. The molecule has 0 aliphatic heterocycles. The van der Waals surface area contributed by atoms with Crippen LogP contribution in [0.5, 0.6) is 5.75 Å². The zero-order valence-corrected chi connectivity index (χ0v) is 10.3. The maximum Gasteiger partial charge on any atom is 0.417 e. The highest BCUT2D eigenvalue weighted by Crippen LogP contribution is 2.31. The van der Waals surface area contributed by atoms with Gasteiger partial charge in [0.1, 0.15) is 12.4 Å². The number of benzene rings is 1. The number of ether oxygens (including phenoxy) is 1. The Balaban J connectivity index is 2.04. The standard InChI is InChI=1S/C13H16F3NO2/c14-13(15,16)12(18)7-19-9-5-4-8-2-1-3-11(17)10(8)6-9/h4-6,11-12,18H,1-3,7,17H2. The van der Waals surface area contributed by atoms with Crippen LogP contribution in [0.3, 0.4) is 0 Å². The van der Waals surface area contributed by atoms with Crippen molar-refractivity contribution in [1.29, 1.82) is 0 Å². The number of rotatable bonds is 3. The Morgan fingerprint density at radius 3 is 2.84 bits per heavy atom. The van der Waals surface area contributed by atoms with Crippen molar-refractivity contribution in [3.63, 3.8) is 0 Å². The van der Waals surface area contributed by atoms with Gasteiger partial charge in [0.15, 0.2) is 6.10 Å². The lowest BCUT2D eigenvalue weighted by atomic mass is 9.88. The van der Waals surface area contributed by atoms with Gasteiger partial charge in [0.25, 0.3) is 0 Å². The van der Waals surface area contributed by atoms with E-state index in [9.17, 15) is 13.2 Å². The molecular formula is C13H16F3NO2. The molecule has 0 saturated heterocycles. The normalized spacial score (nSPS) is 20.8. The second-order valence-electron chi connectivity index (χ2n) is 4.73. The minimum Gasteiger partial charge on any atom is -0.491 e. The van der Waals surface area contributed by atoms with E-state index in [1.165, 1.54) is 0 Å². The molecule has 1 aliphatic carbocycles. The highest BCUT2D eigenvalue weighted by molar-refractivity contribution is 5.39. The summed E-state index contributed by atoms with van der Waals surface area (Å²) < 4.78 is 41.4. The third kappa shape index (κ3) is 3.39. The van der Waals surface area contributed by atoms with Crippen molar-refractivity contribution in [2.75, 3.05) is 6.61 Å². The number of aliphatic hydroxyl groups excluding tert-OH is 1. The Kier molecular flexibility index (Phi) is 4.01. The van der Waals surface area contributed by atoms with Gasteiger partial charge in [0, 0.05) is 6.04 Å². The average molecular weight is 275 g/mol. The molecule has 2 unspecified atom stereocenters. The lowest BCUT2D eigenvalue weighted by molar-refractivity contribution is -0.210. The van der Waals surface area contributed by atoms with Crippen LogP contribution in [0.25, 0.3) is 0 Å². The zero-order valence-electron chi connectivity index (χ0n) is 10.3. The van der Waals surface area contributed by atoms with Gasteiger partial charge in [-0.1, -0.05) is 6.07 Å². The topological polar surface area (TPSA) is 55.5 Å². The van der Waals surface area contributed by atoms with Gasteiger partial charge in [0.05, 0.1) is 0 Å². The molecule has 0 fully saturated rings. The molecule has 3 nitrogen and oxygen atoms in total. The molecule has 0 spiro atoms. The number of nitrogens with two attached hydrogens (primary N) is 1. The fourth-order valence-electron chi connectivity index (χ4n) is 2.17. The quantitative estimate of drug-likeness (QED) is 0.890. The number of hydrogen-bond acceptors (Lipinski definition) is 3. The predicted molar refractivity (Wildman–Crippen MR) is 63.9 cm³/mol. The van der Waals surface area contributed by atoms with Gasteiger partial charge in [0.2, 0.25) is 0 Å². The Bertz CT molecular complexity index is 448. The Morgan fingerprint density at radius 2 is 2.16 bits per heavy atom. The Labute approximate surface area is 109 Å². The average Bonchev–Trinajstić information content (AvgIpc) is 2.35. The van der Waals surface area contributed by atoms with Gasteiger partial charge in [-0.2, -0.15) is 13.2 Å². The molecular weight excluding hydrogens is 259 g/mol. The third-order valence-corrected chi connectivity index (χ3v) is 3.26. The molecule has 3 N–H and O–H groups in total. The van der Waals surface area contributed by atoms with Crippen molar-refractivity contribution in [2.45, 2.75) is 37.6 Å². The summed E-state index contributed by atoms with van der Waals surface area (Å²) in [7, 11) is 0. The van der Waals surface area contributed by atoms with Gasteiger partial charge in [-0.05, 0) is 42.5 Å². The van der Waals surface area contributed by atoms with Crippen LogP contribution in [0, 0.1) is 0 Å². The molecule has 0 bridgehead atoms. The maximum atomic E-state index is 12.1. The number of aliphatic hydroxyl groups is 1. The van der Waals surface area contributed by atoms with E-state index in [0.717, 1.165) is 30.4 Å². The Morgan fingerprint density at radius 1 is 1.42 bits per heavy atom. The van der Waals surface area contributed by atoms with Crippen molar-refractivity contribution >= 4 is 0 Å². The first-order valence-corrected chi connectivity index (χ1v) is 6.14. The van der Waals surface area contributed by atoms with Gasteiger partial charge < -0.3 is 15.6 Å². The van der Waals surface area contributed by atoms with Gasteiger partial charge in [-0.3, -0.25) is 0 Å². The van der Waals surface area contributed by atoms with Crippen LogP contribution in [-0.2, 0) is 6.42 Å². The van der Waals surface area contributed by atoms with Crippen LogP contribution in [0.1, 0.15) is 30.0 Å². The monoisotopic (exact) mass is 275 g/mol. The maximum absolute atomic E-state index is 12.1. The molecule has 2 rings (SSSR count). The van der Waals surface area contributed by atoms with Crippen LogP contribution < -0.4 is 10.5 Å². The van der Waals surface area contributed by atoms with E-state index < -0.39 is 18.9 Å². The molecule has 0 aromatic heterocycles. The minimum absolute atomic E-state index is 0.0974. The molecule has 0 saturated carbocycles. The highest BCUT2D eigenvalue weighted by atomic mass is 19.4. The second-order valence-corrected chi connectivity index (χ2v) is 4.73. The van der Waals surface area contributed by atoms with E-state index in [0.29, 0.717) is 5.75 Å². The van der Waals surface area contributed by atoms with Crippen molar-refractivity contribution in [2.24, 2.45) is 5.73 Å². The van der Waals surface area contributed by atoms with Crippen LogP contribution in [0.4, 0.5) is 13.2 Å². The minimum atomic E-state index is -4.66. The summed E-state index contributed by atoms with van der Waals surface area (Å²) in [5, 5.41) is 8.86. The number of aryl methyl sites for hydroxylation is 1. The fraction of sp³-hybridized carbons (Fsp3) is 0.538. The SMILES string of the molecule is NC1CCCc2ccc(OCC(O)C(F)(F)F)cc21. The van der Waals surface area contributed by atoms with Crippen molar-refractivity contribution in [1.82, 2.24) is 0 Å². The largest absolute Gasteiger partial charge is 0.491 e. The van der Waals surface area contributed by atoms with E-state index >= 15 is 0 Å². The number of hydrogen-bond donors (Lipinski definition) is 2. The summed E-state index contributed by atoms with van der Waals surface area (Å²) in [6, 6.07) is 5.01. The summed E-state index contributed by atoms with van der Waals surface area (Å²) in [6.45, 7) is -0.808. The van der Waals surface area contributed by atoms with Crippen LogP contribution >= 0.6 is 0 Å². The Hall–Kier alpha value is -1.27. The van der Waals surface area contributed by atoms with Crippen LogP contribution in [0.15, 0.2) is 18.2 Å². The van der Waals surface area contributed by atoms with Crippen LogP contribution in [0.2, 0.25) is 0 Å². The lowest BCUT2D eigenvalue weighted by Crippen LogP contribution is -2.34. The van der Waals surface area contributed by atoms with Crippen molar-refractivity contribution < 1.29 is 23.0 Å².